The lowest BCUT2D eigenvalue weighted by Crippen LogP contribution is -2.38. The van der Waals surface area contributed by atoms with Gasteiger partial charge in [0.05, 0.1) is 18.7 Å². The summed E-state index contributed by atoms with van der Waals surface area (Å²) in [5.41, 5.74) is 3.31. The Hall–Kier alpha value is -2.67. The molecule has 1 aromatic carbocycles. The average Bonchev–Trinajstić information content (AvgIpc) is 3.16. The van der Waals surface area contributed by atoms with Gasteiger partial charge in [-0.3, -0.25) is 4.90 Å². The van der Waals surface area contributed by atoms with E-state index >= 15 is 0 Å². The summed E-state index contributed by atoms with van der Waals surface area (Å²) < 4.78 is 7.91. The molecule has 0 unspecified atom stereocenters. The van der Waals surface area contributed by atoms with Gasteiger partial charge in [0.25, 0.3) is 0 Å². The molecule has 0 saturated carbocycles. The van der Waals surface area contributed by atoms with Crippen LogP contribution >= 0.6 is 0 Å². The number of hydrogen-bond donors (Lipinski definition) is 0. The maximum absolute atomic E-state index is 5.83. The van der Waals surface area contributed by atoms with Crippen LogP contribution in [0, 0.1) is 6.92 Å². The molecule has 24 heavy (non-hydrogen) atoms. The summed E-state index contributed by atoms with van der Waals surface area (Å²) in [5, 5.41) is 8.35. The lowest BCUT2D eigenvalue weighted by atomic mass is 10.1. The van der Waals surface area contributed by atoms with Crippen molar-refractivity contribution in [1.82, 2.24) is 24.6 Å². The number of benzene rings is 1. The summed E-state index contributed by atoms with van der Waals surface area (Å²) in [6, 6.07) is 8.07. The minimum atomic E-state index is 0.531. The predicted octanol–water partition coefficient (Wildman–Crippen LogP) is 2.13. The predicted molar refractivity (Wildman–Crippen MR) is 90.5 cm³/mol. The summed E-state index contributed by atoms with van der Waals surface area (Å²) in [7, 11) is 4.15. The zero-order chi connectivity index (χ0) is 16.7. The van der Waals surface area contributed by atoms with E-state index in [2.05, 4.69) is 43.5 Å². The molecule has 0 amide bonds. The highest BCUT2D eigenvalue weighted by atomic mass is 16.4. The van der Waals surface area contributed by atoms with E-state index in [4.69, 9.17) is 4.42 Å². The summed E-state index contributed by atoms with van der Waals surface area (Å²) in [4.78, 5) is 8.90. The molecule has 3 heterocycles. The zero-order valence-corrected chi connectivity index (χ0v) is 14.1. The Morgan fingerprint density at radius 2 is 1.92 bits per heavy atom. The van der Waals surface area contributed by atoms with E-state index in [9.17, 15) is 0 Å². The van der Waals surface area contributed by atoms with Crippen LogP contribution in [-0.2, 0) is 13.1 Å². The number of aromatic nitrogens is 4. The summed E-state index contributed by atoms with van der Waals surface area (Å²) in [6.45, 7) is 4.32. The van der Waals surface area contributed by atoms with Crippen LogP contribution in [0.3, 0.4) is 0 Å². The maximum Gasteiger partial charge on any atom is 0.247 e. The van der Waals surface area contributed by atoms with Gasteiger partial charge in [-0.1, -0.05) is 17.7 Å². The van der Waals surface area contributed by atoms with Crippen LogP contribution in [0.5, 0.6) is 0 Å². The van der Waals surface area contributed by atoms with Crippen molar-refractivity contribution in [3.8, 4) is 11.5 Å². The fraction of sp³-hybridized carbons (Fsp3) is 0.353. The van der Waals surface area contributed by atoms with Crippen LogP contribution in [-0.4, -0.2) is 45.4 Å². The fourth-order valence-electron chi connectivity index (χ4n) is 3.02. The molecule has 0 saturated heterocycles. The molecule has 2 aromatic heterocycles. The number of rotatable bonds is 3. The van der Waals surface area contributed by atoms with Gasteiger partial charge in [0.15, 0.2) is 5.82 Å². The molecule has 1 aliphatic rings. The van der Waals surface area contributed by atoms with E-state index in [1.807, 2.05) is 37.6 Å². The number of anilines is 1. The van der Waals surface area contributed by atoms with Crippen molar-refractivity contribution in [2.75, 3.05) is 25.7 Å². The fourth-order valence-corrected chi connectivity index (χ4v) is 3.02. The molecule has 0 N–H and O–H groups in total. The average molecular weight is 324 g/mol. The highest BCUT2D eigenvalue weighted by molar-refractivity contribution is 5.52. The van der Waals surface area contributed by atoms with Gasteiger partial charge in [-0.15, -0.1) is 10.2 Å². The molecule has 0 spiro atoms. The van der Waals surface area contributed by atoms with E-state index in [1.165, 1.54) is 11.3 Å². The Kier molecular flexibility index (Phi) is 3.57. The first-order valence-corrected chi connectivity index (χ1v) is 7.93. The molecule has 4 rings (SSSR count). The van der Waals surface area contributed by atoms with Gasteiger partial charge < -0.3 is 13.9 Å². The van der Waals surface area contributed by atoms with Gasteiger partial charge in [-0.05, 0) is 26.1 Å². The standard InChI is InChI=1S/C17H20N6O/c1-12-4-6-13(7-5-12)17-20-19-15(24-17)9-23-10-18-16-14(23)8-21(2)11-22(16)3/h4-7,10H,8-9,11H2,1-3H3. The maximum atomic E-state index is 5.83. The molecule has 1 aliphatic heterocycles. The Bertz CT molecular complexity index is 850. The number of nitrogens with zero attached hydrogens (tertiary/aromatic N) is 6. The second-order valence-corrected chi connectivity index (χ2v) is 6.36. The van der Waals surface area contributed by atoms with Gasteiger partial charge in [-0.2, -0.15) is 0 Å². The quantitative estimate of drug-likeness (QED) is 0.735. The van der Waals surface area contributed by atoms with Crippen molar-refractivity contribution in [2.45, 2.75) is 20.0 Å². The van der Waals surface area contributed by atoms with Crippen LogP contribution in [0.1, 0.15) is 17.1 Å². The smallest absolute Gasteiger partial charge is 0.247 e. The van der Waals surface area contributed by atoms with Crippen molar-refractivity contribution in [3.05, 3.63) is 47.7 Å². The van der Waals surface area contributed by atoms with E-state index in [0.29, 0.717) is 18.3 Å². The Labute approximate surface area is 140 Å². The van der Waals surface area contributed by atoms with Crippen LogP contribution in [0.25, 0.3) is 11.5 Å². The molecule has 3 aromatic rings. The van der Waals surface area contributed by atoms with Crippen molar-refractivity contribution in [2.24, 2.45) is 0 Å². The monoisotopic (exact) mass is 324 g/mol. The first-order chi connectivity index (χ1) is 11.6. The normalized spacial score (nSPS) is 14.9. The number of hydrogen-bond acceptors (Lipinski definition) is 6. The first kappa shape index (κ1) is 14.9. The van der Waals surface area contributed by atoms with Gasteiger partial charge in [-0.25, -0.2) is 4.98 Å². The topological polar surface area (TPSA) is 63.2 Å². The first-order valence-electron chi connectivity index (χ1n) is 7.93. The largest absolute Gasteiger partial charge is 0.419 e. The van der Waals surface area contributed by atoms with Crippen molar-refractivity contribution >= 4 is 5.82 Å². The lowest BCUT2D eigenvalue weighted by Gasteiger charge is -2.31. The van der Waals surface area contributed by atoms with E-state index in [-0.39, 0.29) is 0 Å². The Balaban J connectivity index is 1.58. The van der Waals surface area contributed by atoms with Crippen molar-refractivity contribution in [1.29, 1.82) is 0 Å². The van der Waals surface area contributed by atoms with Crippen molar-refractivity contribution in [3.63, 3.8) is 0 Å². The van der Waals surface area contributed by atoms with Crippen LogP contribution in [0.4, 0.5) is 5.82 Å². The van der Waals surface area contributed by atoms with E-state index < -0.39 is 0 Å². The van der Waals surface area contributed by atoms with Crippen LogP contribution < -0.4 is 4.90 Å². The Morgan fingerprint density at radius 1 is 1.12 bits per heavy atom. The number of fused-ring (bicyclic) bond motifs is 1. The third-order valence-corrected chi connectivity index (χ3v) is 4.23. The minimum absolute atomic E-state index is 0.531. The van der Waals surface area contributed by atoms with Gasteiger partial charge >= 0.3 is 0 Å². The molecule has 7 nitrogen and oxygen atoms in total. The zero-order valence-electron chi connectivity index (χ0n) is 14.1. The highest BCUT2D eigenvalue weighted by Crippen LogP contribution is 2.25. The molecule has 0 atom stereocenters. The highest BCUT2D eigenvalue weighted by Gasteiger charge is 2.23. The number of aryl methyl sites for hydroxylation is 1. The summed E-state index contributed by atoms with van der Waals surface area (Å²) in [6.07, 6.45) is 1.84. The molecule has 0 aliphatic carbocycles. The molecule has 0 radical (unpaired) electrons. The molecule has 7 heteroatoms. The van der Waals surface area contributed by atoms with Gasteiger partial charge in [0.1, 0.15) is 6.54 Å². The lowest BCUT2D eigenvalue weighted by molar-refractivity contribution is 0.304. The Morgan fingerprint density at radius 3 is 2.71 bits per heavy atom. The van der Waals surface area contributed by atoms with Gasteiger partial charge in [0, 0.05) is 19.2 Å². The molecular weight excluding hydrogens is 304 g/mol. The van der Waals surface area contributed by atoms with Crippen LogP contribution in [0.15, 0.2) is 35.0 Å². The van der Waals surface area contributed by atoms with Crippen LogP contribution in [0.2, 0.25) is 0 Å². The van der Waals surface area contributed by atoms with Gasteiger partial charge in [0.2, 0.25) is 11.8 Å². The summed E-state index contributed by atoms with van der Waals surface area (Å²) in [5.74, 6) is 2.15. The van der Waals surface area contributed by atoms with Crippen molar-refractivity contribution < 1.29 is 4.42 Å². The summed E-state index contributed by atoms with van der Waals surface area (Å²) >= 11 is 0. The van der Waals surface area contributed by atoms with E-state index in [1.54, 1.807) is 0 Å². The SMILES string of the molecule is Cc1ccc(-c2nnc(Cn3cnc4c3CN(C)CN4C)o2)cc1. The molecular formula is C17H20N6O. The molecule has 0 fully saturated rings. The van der Waals surface area contributed by atoms with E-state index in [0.717, 1.165) is 24.6 Å². The molecule has 124 valence electrons. The minimum Gasteiger partial charge on any atom is -0.419 e. The second-order valence-electron chi connectivity index (χ2n) is 6.36. The third kappa shape index (κ3) is 2.67. The second kappa shape index (κ2) is 5.76. The molecule has 0 bridgehead atoms. The number of imidazole rings is 1. The third-order valence-electron chi connectivity index (χ3n) is 4.23.